The highest BCUT2D eigenvalue weighted by Gasteiger charge is 2.20. The van der Waals surface area contributed by atoms with Crippen molar-refractivity contribution >= 4 is 5.97 Å². The van der Waals surface area contributed by atoms with Gasteiger partial charge in [-0.2, -0.15) is 5.48 Å². The van der Waals surface area contributed by atoms with E-state index < -0.39 is 0 Å². The maximum atomic E-state index is 11.1. The Morgan fingerprint density at radius 1 is 1.46 bits per heavy atom. The SMILES string of the molecule is CCC(NOC(C)(C)C)C(=O)OC. The Morgan fingerprint density at radius 3 is 2.31 bits per heavy atom. The third-order valence-electron chi connectivity index (χ3n) is 1.40. The molecule has 0 radical (unpaired) electrons. The highest BCUT2D eigenvalue weighted by Crippen LogP contribution is 2.05. The molecule has 0 saturated carbocycles. The van der Waals surface area contributed by atoms with E-state index in [0.29, 0.717) is 6.42 Å². The summed E-state index contributed by atoms with van der Waals surface area (Å²) in [6.45, 7) is 7.61. The van der Waals surface area contributed by atoms with Crippen molar-refractivity contribution in [2.45, 2.75) is 45.8 Å². The number of hydrogen-bond acceptors (Lipinski definition) is 4. The van der Waals surface area contributed by atoms with Crippen LogP contribution in [0.4, 0.5) is 0 Å². The molecule has 0 saturated heterocycles. The molecule has 1 atom stereocenters. The molecule has 0 aliphatic rings. The zero-order valence-corrected chi connectivity index (χ0v) is 9.01. The summed E-state index contributed by atoms with van der Waals surface area (Å²) in [5.74, 6) is -0.299. The normalized spacial score (nSPS) is 13.9. The Hall–Kier alpha value is -0.610. The zero-order chi connectivity index (χ0) is 10.5. The van der Waals surface area contributed by atoms with Crippen LogP contribution in [0.1, 0.15) is 34.1 Å². The minimum Gasteiger partial charge on any atom is -0.468 e. The summed E-state index contributed by atoms with van der Waals surface area (Å²) in [5.41, 5.74) is 2.38. The Kier molecular flexibility index (Phi) is 4.95. The summed E-state index contributed by atoms with van der Waals surface area (Å²) in [5, 5.41) is 0. The molecule has 1 N–H and O–H groups in total. The molecule has 0 aliphatic heterocycles. The fourth-order valence-electron chi connectivity index (χ4n) is 0.688. The van der Waals surface area contributed by atoms with Crippen LogP contribution in [-0.2, 0) is 14.4 Å². The van der Waals surface area contributed by atoms with Crippen molar-refractivity contribution in [2.24, 2.45) is 0 Å². The van der Waals surface area contributed by atoms with E-state index in [1.54, 1.807) is 0 Å². The molecule has 0 rings (SSSR count). The first-order valence-corrected chi connectivity index (χ1v) is 4.42. The first-order chi connectivity index (χ1) is 5.90. The molecular weight excluding hydrogens is 170 g/mol. The molecule has 78 valence electrons. The van der Waals surface area contributed by atoms with E-state index in [4.69, 9.17) is 4.84 Å². The second-order valence-electron chi connectivity index (χ2n) is 3.82. The summed E-state index contributed by atoms with van der Waals surface area (Å²) in [6, 6.07) is -0.385. The van der Waals surface area contributed by atoms with Gasteiger partial charge in [0.05, 0.1) is 12.7 Å². The molecule has 4 heteroatoms. The number of nitrogens with one attached hydrogen (secondary N) is 1. The average Bonchev–Trinajstić information content (AvgIpc) is 2.03. The molecule has 0 fully saturated rings. The van der Waals surface area contributed by atoms with Crippen molar-refractivity contribution in [3.63, 3.8) is 0 Å². The summed E-state index contributed by atoms with van der Waals surface area (Å²) in [6.07, 6.45) is 0.642. The van der Waals surface area contributed by atoms with Crippen LogP contribution in [0.2, 0.25) is 0 Å². The monoisotopic (exact) mass is 189 g/mol. The number of carbonyl (C=O) groups excluding carboxylic acids is 1. The number of hydrogen-bond donors (Lipinski definition) is 1. The number of ether oxygens (including phenoxy) is 1. The van der Waals surface area contributed by atoms with E-state index in [0.717, 1.165) is 0 Å². The lowest BCUT2D eigenvalue weighted by atomic mass is 10.2. The Labute approximate surface area is 79.6 Å². The predicted molar refractivity (Wildman–Crippen MR) is 50.1 cm³/mol. The Morgan fingerprint density at radius 2 is 2.00 bits per heavy atom. The van der Waals surface area contributed by atoms with Gasteiger partial charge < -0.3 is 4.74 Å². The number of methoxy groups -OCH3 is 1. The van der Waals surface area contributed by atoms with Gasteiger partial charge in [0, 0.05) is 0 Å². The quantitative estimate of drug-likeness (QED) is 0.534. The Balaban J connectivity index is 3.93. The highest BCUT2D eigenvalue weighted by molar-refractivity contribution is 5.75. The van der Waals surface area contributed by atoms with Gasteiger partial charge in [-0.05, 0) is 27.2 Å². The summed E-state index contributed by atoms with van der Waals surface area (Å²) in [4.78, 5) is 16.3. The lowest BCUT2D eigenvalue weighted by Gasteiger charge is -2.22. The first-order valence-electron chi connectivity index (χ1n) is 4.42. The zero-order valence-electron chi connectivity index (χ0n) is 9.01. The fourth-order valence-corrected chi connectivity index (χ4v) is 0.688. The van der Waals surface area contributed by atoms with Gasteiger partial charge >= 0.3 is 5.97 Å². The van der Waals surface area contributed by atoms with E-state index in [1.165, 1.54) is 7.11 Å². The van der Waals surface area contributed by atoms with Gasteiger partial charge in [0.15, 0.2) is 0 Å². The average molecular weight is 189 g/mol. The van der Waals surface area contributed by atoms with Crippen LogP contribution in [0.5, 0.6) is 0 Å². The molecular formula is C9H19NO3. The van der Waals surface area contributed by atoms with Crippen LogP contribution in [0, 0.1) is 0 Å². The lowest BCUT2D eigenvalue weighted by Crippen LogP contribution is -2.41. The molecule has 0 aliphatic carbocycles. The van der Waals surface area contributed by atoms with Gasteiger partial charge in [-0.25, -0.2) is 0 Å². The minimum absolute atomic E-state index is 0.299. The highest BCUT2D eigenvalue weighted by atomic mass is 16.7. The molecule has 0 bridgehead atoms. The van der Waals surface area contributed by atoms with Crippen LogP contribution < -0.4 is 5.48 Å². The smallest absolute Gasteiger partial charge is 0.325 e. The van der Waals surface area contributed by atoms with Gasteiger partial charge in [-0.1, -0.05) is 6.92 Å². The molecule has 0 spiro atoms. The van der Waals surface area contributed by atoms with Crippen LogP contribution in [0.3, 0.4) is 0 Å². The molecule has 0 heterocycles. The lowest BCUT2D eigenvalue weighted by molar-refractivity contribution is -0.153. The molecule has 0 aromatic heterocycles. The molecule has 0 aromatic carbocycles. The molecule has 4 nitrogen and oxygen atoms in total. The second-order valence-corrected chi connectivity index (χ2v) is 3.82. The Bertz CT molecular complexity index is 163. The third-order valence-corrected chi connectivity index (χ3v) is 1.40. The summed E-state index contributed by atoms with van der Waals surface area (Å²) >= 11 is 0. The third kappa shape index (κ3) is 5.60. The van der Waals surface area contributed by atoms with Crippen molar-refractivity contribution in [2.75, 3.05) is 7.11 Å². The topological polar surface area (TPSA) is 47.6 Å². The van der Waals surface area contributed by atoms with Crippen LogP contribution in [0.15, 0.2) is 0 Å². The predicted octanol–water partition coefficient (Wildman–Crippen LogP) is 1.26. The maximum absolute atomic E-state index is 11.1. The van der Waals surface area contributed by atoms with E-state index in [2.05, 4.69) is 10.2 Å². The van der Waals surface area contributed by atoms with E-state index in [9.17, 15) is 4.79 Å². The largest absolute Gasteiger partial charge is 0.468 e. The van der Waals surface area contributed by atoms with Crippen LogP contribution in [-0.4, -0.2) is 24.7 Å². The van der Waals surface area contributed by atoms with Crippen molar-refractivity contribution in [1.82, 2.24) is 5.48 Å². The number of esters is 1. The second kappa shape index (κ2) is 5.19. The van der Waals surface area contributed by atoms with Crippen molar-refractivity contribution in [1.29, 1.82) is 0 Å². The van der Waals surface area contributed by atoms with Gasteiger partial charge in [0.2, 0.25) is 0 Å². The summed E-state index contributed by atoms with van der Waals surface area (Å²) in [7, 11) is 1.36. The van der Waals surface area contributed by atoms with Gasteiger partial charge in [-0.3, -0.25) is 9.63 Å². The standard InChI is InChI=1S/C9H19NO3/c1-6-7(8(11)12-5)10-13-9(2,3)4/h7,10H,6H2,1-5H3. The van der Waals surface area contributed by atoms with Crippen LogP contribution >= 0.6 is 0 Å². The van der Waals surface area contributed by atoms with E-state index >= 15 is 0 Å². The number of carbonyl (C=O) groups is 1. The van der Waals surface area contributed by atoms with Crippen molar-refractivity contribution in [3.05, 3.63) is 0 Å². The van der Waals surface area contributed by atoms with E-state index in [1.807, 2.05) is 27.7 Å². The first kappa shape index (κ1) is 12.4. The molecule has 0 aromatic rings. The van der Waals surface area contributed by atoms with Gasteiger partial charge in [0.1, 0.15) is 6.04 Å². The fraction of sp³-hybridized carbons (Fsp3) is 0.889. The van der Waals surface area contributed by atoms with Crippen molar-refractivity contribution < 1.29 is 14.4 Å². The molecule has 0 amide bonds. The number of hydroxylamine groups is 1. The van der Waals surface area contributed by atoms with Crippen LogP contribution in [0.25, 0.3) is 0 Å². The maximum Gasteiger partial charge on any atom is 0.325 e. The molecule has 1 unspecified atom stereocenters. The minimum atomic E-state index is -0.385. The number of rotatable bonds is 4. The summed E-state index contributed by atoms with van der Waals surface area (Å²) < 4.78 is 4.59. The van der Waals surface area contributed by atoms with Gasteiger partial charge in [0.25, 0.3) is 0 Å². The molecule has 13 heavy (non-hydrogen) atoms. The van der Waals surface area contributed by atoms with Gasteiger partial charge in [-0.15, -0.1) is 0 Å². The van der Waals surface area contributed by atoms with E-state index in [-0.39, 0.29) is 17.6 Å². The van der Waals surface area contributed by atoms with Crippen molar-refractivity contribution in [3.8, 4) is 0 Å².